The highest BCUT2D eigenvalue weighted by atomic mass is 15.0. The topological polar surface area (TPSA) is 35.6 Å². The fourth-order valence-electron chi connectivity index (χ4n) is 9.20. The van der Waals surface area contributed by atoms with E-state index in [9.17, 15) is 0 Å². The summed E-state index contributed by atoms with van der Waals surface area (Å²) in [6.07, 6.45) is 0. The van der Waals surface area contributed by atoms with E-state index in [4.69, 9.17) is 9.97 Å². The fraction of sp³-hybridized carbons (Fsp3) is 0. The largest absolute Gasteiger partial charge is 0.309 e. The second kappa shape index (κ2) is 13.8. The van der Waals surface area contributed by atoms with E-state index in [2.05, 4.69) is 215 Å². The van der Waals surface area contributed by atoms with Crippen LogP contribution in [0.15, 0.2) is 218 Å². The van der Waals surface area contributed by atoms with Crippen molar-refractivity contribution in [2.24, 2.45) is 0 Å². The molecule has 0 fully saturated rings. The molecule has 0 unspecified atom stereocenters. The van der Waals surface area contributed by atoms with E-state index >= 15 is 0 Å². The lowest BCUT2D eigenvalue weighted by molar-refractivity contribution is 1.17. The molecule has 0 radical (unpaired) electrons. The van der Waals surface area contributed by atoms with Crippen LogP contribution in [0, 0.1) is 0 Å². The average Bonchev–Trinajstić information content (AvgIpc) is 3.85. The molecule has 3 aromatic heterocycles. The molecule has 0 saturated carbocycles. The van der Waals surface area contributed by atoms with E-state index in [0.717, 1.165) is 55.6 Å². The van der Waals surface area contributed by atoms with Crippen molar-refractivity contribution in [1.82, 2.24) is 19.1 Å². The fourth-order valence-corrected chi connectivity index (χ4v) is 9.20. The molecule has 12 aromatic rings. The maximum Gasteiger partial charge on any atom is 0.160 e. The van der Waals surface area contributed by atoms with E-state index in [1.165, 1.54) is 49.3 Å². The molecule has 0 amide bonds. The molecule has 280 valence electrons. The molecule has 0 spiro atoms. The van der Waals surface area contributed by atoms with E-state index in [0.29, 0.717) is 5.82 Å². The summed E-state index contributed by atoms with van der Waals surface area (Å²) < 4.78 is 4.90. The highest BCUT2D eigenvalue weighted by Gasteiger charge is 2.22. The van der Waals surface area contributed by atoms with Crippen molar-refractivity contribution < 1.29 is 0 Å². The maximum absolute atomic E-state index is 5.25. The molecule has 0 bridgehead atoms. The van der Waals surface area contributed by atoms with E-state index in [1.54, 1.807) is 0 Å². The SMILES string of the molecule is c1ccc(-c2cc(-c3ccccc3)cc(-n3c4ccccc4c4c3ccc3c5ccccc5n(-c5cccc(-c6nc(-c7ccccc7)c7ccccc7n6)c5)c34)c2)cc1. The Balaban J connectivity index is 1.13. The second-order valence-electron chi connectivity index (χ2n) is 15.4. The summed E-state index contributed by atoms with van der Waals surface area (Å²) in [5.74, 6) is 0.699. The van der Waals surface area contributed by atoms with Gasteiger partial charge in [-0.15, -0.1) is 0 Å². The van der Waals surface area contributed by atoms with Gasteiger partial charge in [0.15, 0.2) is 5.82 Å². The number of nitrogens with zero attached hydrogens (tertiary/aromatic N) is 4. The van der Waals surface area contributed by atoms with Gasteiger partial charge in [-0.1, -0.05) is 164 Å². The van der Waals surface area contributed by atoms with Gasteiger partial charge in [0.2, 0.25) is 0 Å². The zero-order valence-corrected chi connectivity index (χ0v) is 32.6. The third-order valence-electron chi connectivity index (χ3n) is 11.9. The first kappa shape index (κ1) is 34.0. The Morgan fingerprint density at radius 3 is 1.55 bits per heavy atom. The number of aromatic nitrogens is 4. The summed E-state index contributed by atoms with van der Waals surface area (Å²) in [5.41, 5.74) is 15.4. The third-order valence-corrected chi connectivity index (χ3v) is 11.9. The quantitative estimate of drug-likeness (QED) is 0.169. The molecule has 0 aliphatic heterocycles. The van der Waals surface area contributed by atoms with Crippen molar-refractivity contribution in [3.05, 3.63) is 218 Å². The van der Waals surface area contributed by atoms with Gasteiger partial charge in [-0.25, -0.2) is 9.97 Å². The molecule has 0 atom stereocenters. The lowest BCUT2D eigenvalue weighted by Crippen LogP contribution is -1.98. The third kappa shape index (κ3) is 5.46. The minimum Gasteiger partial charge on any atom is -0.309 e. The van der Waals surface area contributed by atoms with Crippen molar-refractivity contribution in [2.45, 2.75) is 0 Å². The van der Waals surface area contributed by atoms with Crippen LogP contribution in [0.1, 0.15) is 0 Å². The Bertz CT molecular complexity index is 3530. The molecule has 60 heavy (non-hydrogen) atoms. The normalized spacial score (nSPS) is 11.7. The van der Waals surface area contributed by atoms with Crippen LogP contribution in [0.3, 0.4) is 0 Å². The molecule has 0 saturated heterocycles. The molecule has 0 aliphatic rings. The highest BCUT2D eigenvalue weighted by Crippen LogP contribution is 2.43. The summed E-state index contributed by atoms with van der Waals surface area (Å²) in [7, 11) is 0. The molecule has 3 heterocycles. The van der Waals surface area contributed by atoms with E-state index < -0.39 is 0 Å². The van der Waals surface area contributed by atoms with E-state index in [1.807, 2.05) is 12.1 Å². The van der Waals surface area contributed by atoms with Crippen LogP contribution < -0.4 is 0 Å². The molecular formula is C56H36N4. The van der Waals surface area contributed by atoms with Crippen LogP contribution in [0.2, 0.25) is 0 Å². The highest BCUT2D eigenvalue weighted by molar-refractivity contribution is 6.26. The lowest BCUT2D eigenvalue weighted by Gasteiger charge is -2.14. The van der Waals surface area contributed by atoms with Crippen LogP contribution in [0.4, 0.5) is 0 Å². The van der Waals surface area contributed by atoms with Gasteiger partial charge in [-0.05, 0) is 76.9 Å². The van der Waals surface area contributed by atoms with E-state index in [-0.39, 0.29) is 0 Å². The predicted molar refractivity (Wildman–Crippen MR) is 250 cm³/mol. The van der Waals surface area contributed by atoms with Gasteiger partial charge in [0.1, 0.15) is 0 Å². The minimum atomic E-state index is 0.699. The second-order valence-corrected chi connectivity index (χ2v) is 15.4. The minimum absolute atomic E-state index is 0.699. The van der Waals surface area contributed by atoms with Gasteiger partial charge in [0.25, 0.3) is 0 Å². The van der Waals surface area contributed by atoms with Gasteiger partial charge in [-0.2, -0.15) is 0 Å². The Hall–Kier alpha value is -8.08. The smallest absolute Gasteiger partial charge is 0.160 e. The van der Waals surface area contributed by atoms with Crippen LogP contribution in [-0.2, 0) is 0 Å². The first-order chi connectivity index (χ1) is 29.8. The van der Waals surface area contributed by atoms with Crippen molar-refractivity contribution >= 4 is 54.5 Å². The van der Waals surface area contributed by atoms with Crippen LogP contribution in [0.5, 0.6) is 0 Å². The molecule has 4 heteroatoms. The molecular weight excluding hydrogens is 729 g/mol. The number of fused-ring (bicyclic) bond motifs is 8. The summed E-state index contributed by atoms with van der Waals surface area (Å²) >= 11 is 0. The Kier molecular flexibility index (Phi) is 7.82. The summed E-state index contributed by atoms with van der Waals surface area (Å²) in [4.78, 5) is 10.4. The van der Waals surface area contributed by atoms with Crippen molar-refractivity contribution in [1.29, 1.82) is 0 Å². The first-order valence-corrected chi connectivity index (χ1v) is 20.4. The average molecular weight is 765 g/mol. The summed E-state index contributed by atoms with van der Waals surface area (Å²) in [6.45, 7) is 0. The zero-order valence-electron chi connectivity index (χ0n) is 32.6. The molecule has 0 aliphatic carbocycles. The van der Waals surface area contributed by atoms with Crippen LogP contribution in [0.25, 0.3) is 111 Å². The standard InChI is InChI=1S/C56H36N4/c1-4-17-37(18-5-1)41-33-42(38-19-6-2-7-20-38)36-44(35-41)59-51-30-15-12-27-48(51)53-52(59)32-31-46-45-25-11-14-29-50(45)60(55(46)53)43-24-16-23-40(34-43)56-57-49-28-13-10-26-47(49)54(58-56)39-21-8-3-9-22-39/h1-36H. The predicted octanol–water partition coefficient (Wildman–Crippen LogP) is 14.5. The van der Waals surface area contributed by atoms with Crippen molar-refractivity contribution in [3.63, 3.8) is 0 Å². The van der Waals surface area contributed by atoms with Crippen LogP contribution >= 0.6 is 0 Å². The Morgan fingerprint density at radius 1 is 0.300 bits per heavy atom. The monoisotopic (exact) mass is 764 g/mol. The number of benzene rings is 9. The first-order valence-electron chi connectivity index (χ1n) is 20.4. The Labute approximate surface area is 346 Å². The lowest BCUT2D eigenvalue weighted by atomic mass is 9.98. The summed E-state index contributed by atoms with van der Waals surface area (Å²) in [5, 5.41) is 5.87. The molecule has 4 nitrogen and oxygen atoms in total. The number of rotatable bonds is 6. The molecule has 9 aromatic carbocycles. The van der Waals surface area contributed by atoms with Gasteiger partial charge < -0.3 is 9.13 Å². The van der Waals surface area contributed by atoms with Gasteiger partial charge in [0, 0.05) is 49.4 Å². The maximum atomic E-state index is 5.25. The number of hydrogen-bond acceptors (Lipinski definition) is 2. The number of para-hydroxylation sites is 3. The Morgan fingerprint density at radius 2 is 0.850 bits per heavy atom. The van der Waals surface area contributed by atoms with Crippen LogP contribution in [-0.4, -0.2) is 19.1 Å². The number of hydrogen-bond donors (Lipinski definition) is 0. The van der Waals surface area contributed by atoms with Crippen molar-refractivity contribution in [2.75, 3.05) is 0 Å². The zero-order chi connectivity index (χ0) is 39.6. The van der Waals surface area contributed by atoms with Gasteiger partial charge >= 0.3 is 0 Å². The summed E-state index contributed by atoms with van der Waals surface area (Å²) in [6, 6.07) is 78.1. The molecule has 12 rings (SSSR count). The van der Waals surface area contributed by atoms with Crippen molar-refractivity contribution in [3.8, 4) is 56.3 Å². The van der Waals surface area contributed by atoms with Gasteiger partial charge in [-0.3, -0.25) is 0 Å². The van der Waals surface area contributed by atoms with Gasteiger partial charge in [0.05, 0.1) is 33.3 Å². The molecule has 0 N–H and O–H groups in total.